The summed E-state index contributed by atoms with van der Waals surface area (Å²) >= 11 is 0. The van der Waals surface area contributed by atoms with E-state index in [9.17, 15) is 13.6 Å². The molecule has 4 nitrogen and oxygen atoms in total. The molecule has 0 aliphatic rings. The van der Waals surface area contributed by atoms with Crippen molar-refractivity contribution in [2.24, 2.45) is 0 Å². The van der Waals surface area contributed by atoms with E-state index in [0.29, 0.717) is 17.1 Å². The number of aryl methyl sites for hydroxylation is 2. The fourth-order valence-electron chi connectivity index (χ4n) is 2.58. The van der Waals surface area contributed by atoms with E-state index in [1.54, 1.807) is 12.1 Å². The Labute approximate surface area is 149 Å². The smallest absolute Gasteiger partial charge is 0.257 e. The Kier molecular flexibility index (Phi) is 4.93. The zero-order valence-electron chi connectivity index (χ0n) is 14.3. The molecule has 0 spiro atoms. The number of carbonyl (C=O) groups is 1. The maximum absolute atomic E-state index is 13.7. The molecule has 6 heteroatoms. The number of rotatable bonds is 4. The van der Waals surface area contributed by atoms with Crippen LogP contribution in [0.25, 0.3) is 0 Å². The highest BCUT2D eigenvalue weighted by molar-refractivity contribution is 6.04. The second-order valence-electron chi connectivity index (χ2n) is 6.01. The Bertz CT molecular complexity index is 936. The summed E-state index contributed by atoms with van der Waals surface area (Å²) in [6, 6.07) is 12.1. The predicted molar refractivity (Wildman–Crippen MR) is 97.7 cm³/mol. The van der Waals surface area contributed by atoms with Gasteiger partial charge in [-0.2, -0.15) is 0 Å². The molecule has 0 aliphatic carbocycles. The molecule has 0 saturated carbocycles. The van der Waals surface area contributed by atoms with Crippen LogP contribution in [-0.2, 0) is 0 Å². The normalized spacial score (nSPS) is 10.5. The molecule has 2 aromatic carbocycles. The first kappa shape index (κ1) is 17.5. The van der Waals surface area contributed by atoms with Gasteiger partial charge in [-0.05, 0) is 61.4 Å². The minimum atomic E-state index is -0.719. The molecule has 3 rings (SSSR count). The van der Waals surface area contributed by atoms with Crippen LogP contribution < -0.4 is 10.6 Å². The summed E-state index contributed by atoms with van der Waals surface area (Å²) in [5, 5.41) is 5.57. The van der Waals surface area contributed by atoms with Crippen LogP contribution in [0.2, 0.25) is 0 Å². The van der Waals surface area contributed by atoms with E-state index in [0.717, 1.165) is 23.3 Å². The average Bonchev–Trinajstić information content (AvgIpc) is 2.57. The summed E-state index contributed by atoms with van der Waals surface area (Å²) in [6.07, 6.45) is 1.39. The first-order valence-electron chi connectivity index (χ1n) is 7.98. The third-order valence-electron chi connectivity index (χ3n) is 3.70. The number of anilines is 3. The van der Waals surface area contributed by atoms with Gasteiger partial charge in [-0.1, -0.05) is 6.07 Å². The minimum absolute atomic E-state index is 0.103. The predicted octanol–water partition coefficient (Wildman–Crippen LogP) is 4.97. The summed E-state index contributed by atoms with van der Waals surface area (Å²) in [7, 11) is 0. The van der Waals surface area contributed by atoms with Crippen LogP contribution in [0.3, 0.4) is 0 Å². The number of halogens is 2. The summed E-state index contributed by atoms with van der Waals surface area (Å²) in [6.45, 7) is 3.92. The van der Waals surface area contributed by atoms with Crippen LogP contribution in [0, 0.1) is 25.5 Å². The van der Waals surface area contributed by atoms with Crippen molar-refractivity contribution in [1.82, 2.24) is 4.98 Å². The fraction of sp³-hybridized carbons (Fsp3) is 0.100. The molecule has 1 amide bonds. The lowest BCUT2D eigenvalue weighted by atomic mass is 10.1. The molecule has 1 aromatic heterocycles. The van der Waals surface area contributed by atoms with E-state index >= 15 is 0 Å². The molecule has 3 aromatic rings. The van der Waals surface area contributed by atoms with Crippen LogP contribution >= 0.6 is 0 Å². The van der Waals surface area contributed by atoms with Crippen LogP contribution in [0.15, 0.2) is 54.7 Å². The number of hydrogen-bond acceptors (Lipinski definition) is 3. The van der Waals surface area contributed by atoms with E-state index in [1.807, 2.05) is 32.0 Å². The average molecular weight is 353 g/mol. The highest BCUT2D eigenvalue weighted by Crippen LogP contribution is 2.20. The van der Waals surface area contributed by atoms with Gasteiger partial charge in [0.25, 0.3) is 5.91 Å². The maximum atomic E-state index is 13.7. The van der Waals surface area contributed by atoms with Crippen molar-refractivity contribution in [3.8, 4) is 0 Å². The van der Waals surface area contributed by atoms with Crippen molar-refractivity contribution < 1.29 is 13.6 Å². The van der Waals surface area contributed by atoms with E-state index in [2.05, 4.69) is 15.6 Å². The van der Waals surface area contributed by atoms with Crippen LogP contribution in [0.4, 0.5) is 26.0 Å². The monoisotopic (exact) mass is 353 g/mol. The second kappa shape index (κ2) is 7.31. The topological polar surface area (TPSA) is 54.0 Å². The van der Waals surface area contributed by atoms with E-state index in [1.165, 1.54) is 12.3 Å². The number of carbonyl (C=O) groups excluding carboxylic acids is 1. The van der Waals surface area contributed by atoms with Gasteiger partial charge < -0.3 is 10.6 Å². The lowest BCUT2D eigenvalue weighted by Crippen LogP contribution is -2.12. The first-order chi connectivity index (χ1) is 12.4. The molecule has 1 heterocycles. The summed E-state index contributed by atoms with van der Waals surface area (Å²) in [5.41, 5.74) is 3.29. The van der Waals surface area contributed by atoms with Gasteiger partial charge in [0.15, 0.2) is 0 Å². The lowest BCUT2D eigenvalue weighted by molar-refractivity contribution is 0.102. The number of nitrogens with one attached hydrogen (secondary N) is 2. The van der Waals surface area contributed by atoms with Gasteiger partial charge >= 0.3 is 0 Å². The minimum Gasteiger partial charge on any atom is -0.338 e. The number of pyridine rings is 1. The van der Waals surface area contributed by atoms with E-state index < -0.39 is 11.6 Å². The van der Waals surface area contributed by atoms with Crippen LogP contribution in [0.1, 0.15) is 21.5 Å². The van der Waals surface area contributed by atoms with E-state index in [4.69, 9.17) is 0 Å². The van der Waals surface area contributed by atoms with Crippen molar-refractivity contribution in [2.45, 2.75) is 13.8 Å². The second-order valence-corrected chi connectivity index (χ2v) is 6.01. The van der Waals surface area contributed by atoms with E-state index in [-0.39, 0.29) is 11.6 Å². The Morgan fingerprint density at radius 1 is 0.962 bits per heavy atom. The number of benzene rings is 2. The first-order valence-corrected chi connectivity index (χ1v) is 7.98. The third-order valence-corrected chi connectivity index (χ3v) is 3.70. The van der Waals surface area contributed by atoms with Gasteiger partial charge in [-0.3, -0.25) is 4.79 Å². The summed E-state index contributed by atoms with van der Waals surface area (Å²) in [5.74, 6) is -1.32. The summed E-state index contributed by atoms with van der Waals surface area (Å²) < 4.78 is 26.6. The quantitative estimate of drug-likeness (QED) is 0.696. The molecule has 132 valence electrons. The molecule has 0 atom stereocenters. The van der Waals surface area contributed by atoms with Crippen molar-refractivity contribution in [3.05, 3.63) is 83.1 Å². The Morgan fingerprint density at radius 2 is 1.69 bits per heavy atom. The van der Waals surface area contributed by atoms with Gasteiger partial charge in [-0.25, -0.2) is 13.8 Å². The molecular weight excluding hydrogens is 336 g/mol. The van der Waals surface area contributed by atoms with Crippen LogP contribution in [0.5, 0.6) is 0 Å². The number of aromatic nitrogens is 1. The molecule has 0 aliphatic heterocycles. The van der Waals surface area contributed by atoms with Gasteiger partial charge in [0, 0.05) is 18.0 Å². The molecule has 2 N–H and O–H groups in total. The molecule has 0 fully saturated rings. The molecule has 26 heavy (non-hydrogen) atoms. The SMILES string of the molecule is Cc1cc(C)cc(NC(=O)c2ccc(Nc3ccc(F)cc3F)nc2)c1. The van der Waals surface area contributed by atoms with Gasteiger partial charge in [-0.15, -0.1) is 0 Å². The van der Waals surface area contributed by atoms with Gasteiger partial charge in [0.2, 0.25) is 0 Å². The van der Waals surface area contributed by atoms with Gasteiger partial charge in [0.05, 0.1) is 11.3 Å². The molecule has 0 bridgehead atoms. The van der Waals surface area contributed by atoms with Crippen LogP contribution in [-0.4, -0.2) is 10.9 Å². The zero-order chi connectivity index (χ0) is 18.7. The third kappa shape index (κ3) is 4.22. The number of amides is 1. The highest BCUT2D eigenvalue weighted by Gasteiger charge is 2.09. The zero-order valence-corrected chi connectivity index (χ0v) is 14.3. The van der Waals surface area contributed by atoms with Crippen molar-refractivity contribution in [3.63, 3.8) is 0 Å². The number of nitrogens with zero attached hydrogens (tertiary/aromatic N) is 1. The molecule has 0 radical (unpaired) electrons. The standard InChI is InChI=1S/C20H17F2N3O/c1-12-7-13(2)9-16(8-12)24-20(26)14-3-6-19(23-11-14)25-18-5-4-15(21)10-17(18)22/h3-11H,1-2H3,(H,23,25)(H,24,26). The van der Waals surface area contributed by atoms with Crippen molar-refractivity contribution in [2.75, 3.05) is 10.6 Å². The van der Waals surface area contributed by atoms with Crippen molar-refractivity contribution in [1.29, 1.82) is 0 Å². The lowest BCUT2D eigenvalue weighted by Gasteiger charge is -2.09. The largest absolute Gasteiger partial charge is 0.338 e. The highest BCUT2D eigenvalue weighted by atomic mass is 19.1. The van der Waals surface area contributed by atoms with Crippen molar-refractivity contribution >= 4 is 23.1 Å². The summed E-state index contributed by atoms with van der Waals surface area (Å²) in [4.78, 5) is 16.4. The number of hydrogen-bond donors (Lipinski definition) is 2. The molecule has 0 unspecified atom stereocenters. The molecular formula is C20H17F2N3O. The Morgan fingerprint density at radius 3 is 2.31 bits per heavy atom. The molecule has 0 saturated heterocycles. The Hall–Kier alpha value is -3.28. The maximum Gasteiger partial charge on any atom is 0.257 e. The fourth-order valence-corrected chi connectivity index (χ4v) is 2.58. The Balaban J connectivity index is 1.71. The van der Waals surface area contributed by atoms with Gasteiger partial charge in [0.1, 0.15) is 17.5 Å².